The van der Waals surface area contributed by atoms with Crippen molar-refractivity contribution in [2.24, 2.45) is 0 Å². The van der Waals surface area contributed by atoms with E-state index in [1.807, 2.05) is 0 Å². The molecule has 1 aromatic carbocycles. The van der Waals surface area contributed by atoms with Crippen LogP contribution in [-0.2, 0) is 0 Å². The molecule has 0 aromatic heterocycles. The molecule has 0 amide bonds. The maximum atomic E-state index is 11.9. The first-order valence-electron chi connectivity index (χ1n) is 2.21. The van der Waals surface area contributed by atoms with Crippen LogP contribution in [0.2, 0.25) is 0 Å². The molecular weight excluding hydrogens is 138 g/mol. The van der Waals surface area contributed by atoms with E-state index in [9.17, 15) is 8.78 Å². The monoisotopic (exact) mass is 142 g/mol. The third kappa shape index (κ3) is 1.93. The Kier molecular flexibility index (Phi) is 3.09. The highest BCUT2D eigenvalue weighted by atomic mass is 28.1. The predicted molar refractivity (Wildman–Crippen MR) is 32.1 cm³/mol. The van der Waals surface area contributed by atoms with Gasteiger partial charge in [0.25, 0.3) is 0 Å². The van der Waals surface area contributed by atoms with Gasteiger partial charge in [-0.05, 0) is 12.1 Å². The molecule has 0 aliphatic carbocycles. The molecule has 0 N–H and O–H groups in total. The van der Waals surface area contributed by atoms with E-state index in [4.69, 9.17) is 0 Å². The third-order valence-corrected chi connectivity index (χ3v) is 0.824. The summed E-state index contributed by atoms with van der Waals surface area (Å²) in [7, 11) is 0. The summed E-state index contributed by atoms with van der Waals surface area (Å²) in [5, 5.41) is 0. The molecule has 1 rings (SSSR count). The summed E-state index contributed by atoms with van der Waals surface area (Å²) in [6.45, 7) is 0. The fraction of sp³-hybridized carbons (Fsp3) is 0. The summed E-state index contributed by atoms with van der Waals surface area (Å²) >= 11 is 0. The summed E-state index contributed by atoms with van der Waals surface area (Å²) < 4.78 is 23.9. The van der Waals surface area contributed by atoms with Crippen molar-refractivity contribution in [3.8, 4) is 0 Å². The largest absolute Gasteiger partial charge is 0.204 e. The second-order valence-corrected chi connectivity index (χ2v) is 1.41. The van der Waals surface area contributed by atoms with Crippen LogP contribution in [-0.4, -0.2) is 11.0 Å². The Hall–Kier alpha value is -0.703. The van der Waals surface area contributed by atoms with E-state index in [1.165, 1.54) is 12.1 Å². The first kappa shape index (κ1) is 8.30. The first-order chi connectivity index (χ1) is 3.80. The highest BCUT2D eigenvalue weighted by Gasteiger charge is 1.93. The SMILES string of the molecule is Fc1ccccc1F.[Si]. The summed E-state index contributed by atoms with van der Waals surface area (Å²) in [6.07, 6.45) is 0. The molecule has 1 aromatic rings. The average molecular weight is 142 g/mol. The second-order valence-electron chi connectivity index (χ2n) is 1.41. The van der Waals surface area contributed by atoms with Crippen LogP contribution in [0.1, 0.15) is 0 Å². The molecule has 4 radical (unpaired) electrons. The highest BCUT2D eigenvalue weighted by molar-refractivity contribution is 5.75. The zero-order valence-corrected chi connectivity index (χ0v) is 5.57. The van der Waals surface area contributed by atoms with Gasteiger partial charge in [0.05, 0.1) is 0 Å². The van der Waals surface area contributed by atoms with Gasteiger partial charge in [-0.25, -0.2) is 8.78 Å². The molecule has 0 fully saturated rings. The normalized spacial score (nSPS) is 8.22. The van der Waals surface area contributed by atoms with Gasteiger partial charge in [-0.2, -0.15) is 0 Å². The predicted octanol–water partition coefficient (Wildman–Crippen LogP) is 1.58. The highest BCUT2D eigenvalue weighted by Crippen LogP contribution is 2.01. The lowest BCUT2D eigenvalue weighted by Gasteiger charge is -1.85. The molecule has 0 atom stereocenters. The van der Waals surface area contributed by atoms with Gasteiger partial charge in [0, 0.05) is 11.0 Å². The minimum atomic E-state index is -0.799. The fourth-order valence-electron chi connectivity index (χ4n) is 0.439. The van der Waals surface area contributed by atoms with Gasteiger partial charge in [0.15, 0.2) is 11.6 Å². The summed E-state index contributed by atoms with van der Waals surface area (Å²) in [4.78, 5) is 0. The maximum absolute atomic E-state index is 11.9. The van der Waals surface area contributed by atoms with Crippen molar-refractivity contribution in [2.45, 2.75) is 0 Å². The van der Waals surface area contributed by atoms with Crippen molar-refractivity contribution in [3.63, 3.8) is 0 Å². The first-order valence-corrected chi connectivity index (χ1v) is 2.21. The Labute approximate surface area is 56.5 Å². The molecule has 0 unspecified atom stereocenters. The molecule has 0 nitrogen and oxygen atoms in total. The molecule has 0 bridgehead atoms. The Morgan fingerprint density at radius 2 is 1.22 bits per heavy atom. The van der Waals surface area contributed by atoms with Crippen LogP contribution in [0.4, 0.5) is 8.78 Å². The Balaban J connectivity index is 0.000000640. The van der Waals surface area contributed by atoms with Gasteiger partial charge < -0.3 is 0 Å². The third-order valence-electron chi connectivity index (χ3n) is 0.824. The lowest BCUT2D eigenvalue weighted by atomic mass is 10.3. The molecule has 3 heteroatoms. The van der Waals surface area contributed by atoms with Crippen LogP contribution < -0.4 is 0 Å². The molecular formula is C6H4F2Si. The van der Waals surface area contributed by atoms with E-state index in [2.05, 4.69) is 0 Å². The zero-order chi connectivity index (χ0) is 5.98. The second kappa shape index (κ2) is 3.35. The van der Waals surface area contributed by atoms with Gasteiger partial charge in [-0.3, -0.25) is 0 Å². The number of hydrogen-bond acceptors (Lipinski definition) is 0. The van der Waals surface area contributed by atoms with Crippen molar-refractivity contribution >= 4 is 11.0 Å². The number of halogens is 2. The van der Waals surface area contributed by atoms with Gasteiger partial charge in [0.2, 0.25) is 0 Å². The molecule has 0 spiro atoms. The van der Waals surface area contributed by atoms with Gasteiger partial charge in [-0.1, -0.05) is 12.1 Å². The van der Waals surface area contributed by atoms with Crippen LogP contribution in [0, 0.1) is 11.6 Å². The quantitative estimate of drug-likeness (QED) is 0.482. The van der Waals surface area contributed by atoms with Crippen LogP contribution in [0.15, 0.2) is 24.3 Å². The van der Waals surface area contributed by atoms with Crippen molar-refractivity contribution in [1.82, 2.24) is 0 Å². The fourth-order valence-corrected chi connectivity index (χ4v) is 0.439. The smallest absolute Gasteiger partial charge is 0.158 e. The van der Waals surface area contributed by atoms with E-state index in [0.29, 0.717) is 0 Å². The summed E-state index contributed by atoms with van der Waals surface area (Å²) in [5.74, 6) is -1.60. The topological polar surface area (TPSA) is 0 Å². The zero-order valence-electron chi connectivity index (χ0n) is 4.57. The van der Waals surface area contributed by atoms with Crippen LogP contribution >= 0.6 is 0 Å². The molecule has 0 saturated heterocycles. The van der Waals surface area contributed by atoms with E-state index in [1.54, 1.807) is 0 Å². The number of benzene rings is 1. The van der Waals surface area contributed by atoms with E-state index >= 15 is 0 Å². The Morgan fingerprint density at radius 1 is 0.889 bits per heavy atom. The Bertz CT molecular complexity index is 167. The lowest BCUT2D eigenvalue weighted by molar-refractivity contribution is 0.508. The van der Waals surface area contributed by atoms with Crippen molar-refractivity contribution < 1.29 is 8.78 Å². The molecule has 0 saturated carbocycles. The molecule has 9 heavy (non-hydrogen) atoms. The van der Waals surface area contributed by atoms with E-state index in [-0.39, 0.29) is 11.0 Å². The molecule has 0 aliphatic rings. The van der Waals surface area contributed by atoms with E-state index < -0.39 is 11.6 Å². The maximum Gasteiger partial charge on any atom is 0.158 e. The minimum absolute atomic E-state index is 0. The Morgan fingerprint density at radius 3 is 1.44 bits per heavy atom. The van der Waals surface area contributed by atoms with Crippen LogP contribution in [0.3, 0.4) is 0 Å². The van der Waals surface area contributed by atoms with Crippen molar-refractivity contribution in [3.05, 3.63) is 35.9 Å². The molecule has 46 valence electrons. The molecule has 0 aliphatic heterocycles. The van der Waals surface area contributed by atoms with E-state index in [0.717, 1.165) is 12.1 Å². The van der Waals surface area contributed by atoms with Gasteiger partial charge in [0.1, 0.15) is 0 Å². The number of hydrogen-bond donors (Lipinski definition) is 0. The van der Waals surface area contributed by atoms with Crippen molar-refractivity contribution in [2.75, 3.05) is 0 Å². The average Bonchev–Trinajstić information content (AvgIpc) is 1.77. The van der Waals surface area contributed by atoms with Crippen LogP contribution in [0.5, 0.6) is 0 Å². The summed E-state index contributed by atoms with van der Waals surface area (Å²) in [6, 6.07) is 5.04. The van der Waals surface area contributed by atoms with Crippen LogP contribution in [0.25, 0.3) is 0 Å². The number of rotatable bonds is 0. The minimum Gasteiger partial charge on any atom is -0.204 e. The molecule has 0 heterocycles. The van der Waals surface area contributed by atoms with Gasteiger partial charge in [-0.15, -0.1) is 0 Å². The standard InChI is InChI=1S/C6H4F2.Si/c7-5-3-1-2-4-6(5)8;/h1-4H;. The van der Waals surface area contributed by atoms with Gasteiger partial charge >= 0.3 is 0 Å². The lowest BCUT2D eigenvalue weighted by Crippen LogP contribution is -1.77. The van der Waals surface area contributed by atoms with Crippen molar-refractivity contribution in [1.29, 1.82) is 0 Å². The summed E-state index contributed by atoms with van der Waals surface area (Å²) in [5.41, 5.74) is 0.